The number of nitrogens with one attached hydrogen (secondary N) is 2. The minimum Gasteiger partial charge on any atom is -0.744 e. The van der Waals surface area contributed by atoms with Crippen LogP contribution in [0.1, 0.15) is 67.9 Å². The molecule has 4 N–H and O–H groups in total. The number of fused-ring (bicyclic) bond motifs is 2. The van der Waals surface area contributed by atoms with Gasteiger partial charge in [-0.05, 0) is 83.7 Å². The van der Waals surface area contributed by atoms with Crippen LogP contribution in [0.25, 0.3) is 33.4 Å². The number of anilines is 1. The fraction of sp³-hybridized carbons (Fsp3) is 0.462. The number of amides is 1. The number of carbonyl (C=O) groups excluding carboxylic acids is 2. The fourth-order valence-electron chi connectivity index (χ4n) is 6.94. The molecule has 2 aromatic carbocycles. The predicted molar refractivity (Wildman–Crippen MR) is 218 cm³/mol. The van der Waals surface area contributed by atoms with Crippen LogP contribution in [0.4, 0.5) is 5.69 Å². The number of hydrogen-bond donors (Lipinski definition) is 5. The molecule has 1 amide bonds. The number of hydrogen-bond acceptors (Lipinski definition) is 13. The third-order valence-corrected chi connectivity index (χ3v) is 11.8. The predicted octanol–water partition coefficient (Wildman–Crippen LogP) is 4.21. The second-order valence-corrected chi connectivity index (χ2v) is 20.5. The van der Waals surface area contributed by atoms with E-state index in [0.717, 1.165) is 11.8 Å². The molecule has 318 valence electrons. The summed E-state index contributed by atoms with van der Waals surface area (Å²) in [5, 5.41) is 8.63. The monoisotopic (exact) mass is 865 g/mol. The maximum Gasteiger partial charge on any atom is 0.309 e. The minimum atomic E-state index is -5.17. The molecule has 0 radical (unpaired) electrons. The van der Waals surface area contributed by atoms with Crippen molar-refractivity contribution in [1.82, 2.24) is 4.90 Å². The van der Waals surface area contributed by atoms with E-state index in [-0.39, 0.29) is 66.7 Å². The summed E-state index contributed by atoms with van der Waals surface area (Å²) in [6.07, 6.45) is 2.24. The Labute approximate surface area is 342 Å². The second kappa shape index (κ2) is 17.7. The average Bonchev–Trinajstić information content (AvgIpc) is 3.12. The zero-order valence-corrected chi connectivity index (χ0v) is 35.8. The van der Waals surface area contributed by atoms with Gasteiger partial charge in [0.1, 0.15) is 33.6 Å². The van der Waals surface area contributed by atoms with Crippen LogP contribution in [-0.2, 0) is 43.5 Å². The molecule has 0 saturated carbocycles. The van der Waals surface area contributed by atoms with E-state index >= 15 is 0 Å². The van der Waals surface area contributed by atoms with Gasteiger partial charge in [-0.25, -0.2) is 22.5 Å². The van der Waals surface area contributed by atoms with E-state index in [4.69, 9.17) is 14.0 Å². The Balaban J connectivity index is 1.67. The molecule has 16 nitrogen and oxygen atoms in total. The van der Waals surface area contributed by atoms with Gasteiger partial charge < -0.3 is 33.0 Å². The third kappa shape index (κ3) is 11.6. The summed E-state index contributed by atoms with van der Waals surface area (Å²) in [5.41, 5.74) is 2.23. The van der Waals surface area contributed by atoms with Crippen LogP contribution in [-0.4, -0.2) is 93.5 Å². The lowest BCUT2D eigenvalue weighted by Crippen LogP contribution is -2.77. The van der Waals surface area contributed by atoms with E-state index in [2.05, 4.69) is 32.6 Å². The molecule has 2 heterocycles. The Morgan fingerprint density at radius 3 is 2.41 bits per heavy atom. The number of carbonyl (C=O) groups is 2. The number of piperidine rings is 1. The Kier molecular flexibility index (Phi) is 13.8. The summed E-state index contributed by atoms with van der Waals surface area (Å²) >= 11 is 3.45. The van der Waals surface area contributed by atoms with Crippen LogP contribution < -0.4 is 15.7 Å². The number of thiol groups is 1. The number of likely N-dealkylation sites (tertiary alicyclic amines) is 1. The maximum atomic E-state index is 14.5. The van der Waals surface area contributed by atoms with Crippen molar-refractivity contribution in [2.24, 2.45) is 5.92 Å². The summed E-state index contributed by atoms with van der Waals surface area (Å²) in [6, 6.07) is 11.0. The first kappa shape index (κ1) is 45.2. The third-order valence-electron chi connectivity index (χ3n) is 9.62. The van der Waals surface area contributed by atoms with E-state index in [9.17, 15) is 35.9 Å². The summed E-state index contributed by atoms with van der Waals surface area (Å²) in [7, 11) is -9.87. The van der Waals surface area contributed by atoms with Crippen molar-refractivity contribution < 1.29 is 64.3 Å². The molecule has 0 spiro atoms. The summed E-state index contributed by atoms with van der Waals surface area (Å²) in [5.74, 6) is -1.32. The average molecular weight is 866 g/mol. The first-order valence-electron chi connectivity index (χ1n) is 18.7. The summed E-state index contributed by atoms with van der Waals surface area (Å²) < 4.78 is 87.1. The second-order valence-electron chi connectivity index (χ2n) is 15.7. The number of aryl methyl sites for hydroxylation is 2. The topological polar surface area (TPSA) is 228 Å². The van der Waals surface area contributed by atoms with Crippen LogP contribution in [0.2, 0.25) is 0 Å². The molecule has 0 atom stereocenters. The van der Waals surface area contributed by atoms with Crippen molar-refractivity contribution in [3.8, 4) is 22.5 Å². The zero-order valence-electron chi connectivity index (χ0n) is 33.3. The highest BCUT2D eigenvalue weighted by atomic mass is 32.3. The van der Waals surface area contributed by atoms with Crippen molar-refractivity contribution in [3.63, 3.8) is 0 Å². The Hall–Kier alpha value is -3.92. The van der Waals surface area contributed by atoms with Crippen LogP contribution in [0.3, 0.4) is 0 Å². The zero-order chi connectivity index (χ0) is 42.7. The molecular weight excluding hydrogens is 815 g/mol. The van der Waals surface area contributed by atoms with Crippen molar-refractivity contribution in [3.05, 3.63) is 64.5 Å². The first-order chi connectivity index (χ1) is 27.0. The molecule has 0 bridgehead atoms. The number of benzene rings is 3. The Morgan fingerprint density at radius 2 is 1.78 bits per heavy atom. The molecule has 2 aromatic rings. The van der Waals surface area contributed by atoms with Gasteiger partial charge in [-0.2, -0.15) is 0 Å². The van der Waals surface area contributed by atoms with E-state index < -0.39 is 42.1 Å². The molecular formula is C39H51N3O13S3. The standard InChI is InChI=1S/C39H51N3O13S3/c1-24-20-28-32(22-30(24)40-14-8-18-51-54-55-56)52-33-23-31(41-15-9-19-58(6,48,49)50)25(2)21-29(33)35(28)36-27(10-7-11-34(36)57(45,46)47)37(43)42-16-12-26(13-17-42)38(44)53-39(3,4)5/h7,10-11,20-23,26,41,56H,8-9,12-19H2,1-6H3,(H,45,46,47)(H2,48,49,50). The molecule has 19 heteroatoms. The van der Waals surface area contributed by atoms with E-state index in [1.54, 1.807) is 56.9 Å². The van der Waals surface area contributed by atoms with Gasteiger partial charge in [-0.15, -0.1) is 4.33 Å². The molecule has 0 aromatic heterocycles. The van der Waals surface area contributed by atoms with Gasteiger partial charge in [0.25, 0.3) is 5.91 Å². The van der Waals surface area contributed by atoms with Crippen molar-refractivity contribution in [2.75, 3.05) is 50.1 Å². The lowest BCUT2D eigenvalue weighted by atomic mass is 9.88. The largest absolute Gasteiger partial charge is 0.744 e. The lowest BCUT2D eigenvalue weighted by Gasteiger charge is -2.33. The van der Waals surface area contributed by atoms with Gasteiger partial charge in [0.15, 0.2) is 0 Å². The highest BCUT2D eigenvalue weighted by Crippen LogP contribution is 2.45. The lowest BCUT2D eigenvalue weighted by molar-refractivity contribution is -0.508. The van der Waals surface area contributed by atoms with E-state index in [1.807, 2.05) is 6.92 Å². The molecule has 1 fully saturated rings. The molecule has 58 heavy (non-hydrogen) atoms. The van der Waals surface area contributed by atoms with Crippen LogP contribution >= 0.6 is 12.9 Å². The number of rotatable bonds is 15. The van der Waals surface area contributed by atoms with Crippen LogP contribution in [0.5, 0.6) is 0 Å². The number of esters is 1. The minimum absolute atomic E-state index is 0.0144. The summed E-state index contributed by atoms with van der Waals surface area (Å²) in [4.78, 5) is 36.5. The van der Waals surface area contributed by atoms with Gasteiger partial charge in [-0.3, -0.25) is 9.59 Å². The number of ether oxygens (including phenoxy) is 1. The van der Waals surface area contributed by atoms with Crippen LogP contribution in [0.15, 0.2) is 51.8 Å². The molecule has 3 aliphatic rings. The van der Waals surface area contributed by atoms with Gasteiger partial charge >= 0.3 is 5.97 Å². The van der Waals surface area contributed by atoms with Crippen LogP contribution in [0, 0.1) is 19.8 Å². The van der Waals surface area contributed by atoms with E-state index in [0.29, 0.717) is 59.1 Å². The van der Waals surface area contributed by atoms with Crippen molar-refractivity contribution in [2.45, 2.75) is 70.8 Å². The quantitative estimate of drug-likeness (QED) is 0.0165. The number of nitrogens with zero attached hydrogens (tertiary/aromatic N) is 1. The Morgan fingerprint density at radius 1 is 1.07 bits per heavy atom. The molecule has 2 aliphatic heterocycles. The maximum absolute atomic E-state index is 14.5. The van der Waals surface area contributed by atoms with Gasteiger partial charge in [0.05, 0.1) is 33.1 Å². The van der Waals surface area contributed by atoms with Gasteiger partial charge in [0, 0.05) is 95.9 Å². The van der Waals surface area contributed by atoms with Crippen molar-refractivity contribution in [1.29, 1.82) is 0 Å². The fourth-order valence-corrected chi connectivity index (χ4v) is 8.50. The van der Waals surface area contributed by atoms with Crippen molar-refractivity contribution >= 4 is 61.2 Å². The highest BCUT2D eigenvalue weighted by Gasteiger charge is 2.34. The SMILES string of the molecule is Cc1cc2c(-c3c(C(=O)N4CCC(C(=O)OC(C)(C)C)CC4)cccc3S(=O)(=O)[O-])c3cc(C)c(=[NH+]CCCOOOS)cc-3oc2cc1NCCCS(C)(=O)(O)O. The van der Waals surface area contributed by atoms with E-state index in [1.165, 1.54) is 18.2 Å². The molecule has 5 rings (SSSR count). The molecule has 1 aliphatic carbocycles. The molecule has 1 saturated heterocycles. The molecule has 0 unspecified atom stereocenters. The van der Waals surface area contributed by atoms with Gasteiger partial charge in [-0.1, -0.05) is 11.1 Å². The smallest absolute Gasteiger partial charge is 0.309 e. The normalized spacial score (nSPS) is 15.4. The summed E-state index contributed by atoms with van der Waals surface area (Å²) in [6.45, 7) is 10.3. The van der Waals surface area contributed by atoms with Gasteiger partial charge in [0.2, 0.25) is 5.36 Å². The highest BCUT2D eigenvalue weighted by molar-refractivity contribution is 8.09. The Bertz CT molecular complexity index is 2380. The first-order valence-corrected chi connectivity index (χ1v) is 22.9.